The minimum Gasteiger partial charge on any atom is -0.508 e. The summed E-state index contributed by atoms with van der Waals surface area (Å²) in [6.45, 7) is 7.76. The highest BCUT2D eigenvalue weighted by molar-refractivity contribution is 8.18. The number of hydrogen-bond donors (Lipinski definition) is 1. The standard InChI is InChI=1S/C19H21NO4S/c1-5-6-13-9-14(16(24-4)11-15(13)21)10-17-18(22)20(19(23)25-17)8-7-12(2)3/h5,7,9-11,21H,1,6,8H2,2-4H3/b17-10-. The highest BCUT2D eigenvalue weighted by atomic mass is 32.2. The molecule has 0 bridgehead atoms. The molecule has 0 aromatic heterocycles. The molecule has 132 valence electrons. The number of aromatic hydroxyl groups is 1. The molecule has 1 aromatic rings. The Balaban J connectivity index is 2.38. The number of phenolic OH excluding ortho intramolecular Hbond substituents is 1. The van der Waals surface area contributed by atoms with Gasteiger partial charge in [-0.3, -0.25) is 14.5 Å². The first-order valence-corrected chi connectivity index (χ1v) is 8.58. The molecule has 5 nitrogen and oxygen atoms in total. The largest absolute Gasteiger partial charge is 0.508 e. The van der Waals surface area contributed by atoms with Crippen molar-refractivity contribution in [2.75, 3.05) is 13.7 Å². The van der Waals surface area contributed by atoms with Gasteiger partial charge >= 0.3 is 0 Å². The van der Waals surface area contributed by atoms with Gasteiger partial charge in [0, 0.05) is 18.2 Å². The van der Waals surface area contributed by atoms with Crippen LogP contribution >= 0.6 is 11.8 Å². The van der Waals surface area contributed by atoms with Crippen molar-refractivity contribution in [1.29, 1.82) is 0 Å². The molecule has 1 saturated heterocycles. The third-order valence-corrected chi connectivity index (χ3v) is 4.54. The van der Waals surface area contributed by atoms with E-state index in [4.69, 9.17) is 4.74 Å². The Bertz CT molecular complexity index is 776. The van der Waals surface area contributed by atoms with Crippen molar-refractivity contribution < 1.29 is 19.4 Å². The minimum atomic E-state index is -0.326. The number of rotatable bonds is 6. The van der Waals surface area contributed by atoms with Gasteiger partial charge in [0.05, 0.1) is 12.0 Å². The van der Waals surface area contributed by atoms with E-state index in [2.05, 4.69) is 6.58 Å². The minimum absolute atomic E-state index is 0.102. The molecule has 25 heavy (non-hydrogen) atoms. The second-order valence-electron chi connectivity index (χ2n) is 5.79. The summed E-state index contributed by atoms with van der Waals surface area (Å²) < 4.78 is 5.28. The Morgan fingerprint density at radius 1 is 1.36 bits per heavy atom. The third kappa shape index (κ3) is 4.33. The quantitative estimate of drug-likeness (QED) is 0.611. The van der Waals surface area contributed by atoms with Crippen molar-refractivity contribution in [2.45, 2.75) is 20.3 Å². The van der Waals surface area contributed by atoms with E-state index in [1.807, 2.05) is 19.9 Å². The fraction of sp³-hybridized carbons (Fsp3) is 0.263. The number of phenols is 1. The molecule has 2 rings (SSSR count). The number of carbonyl (C=O) groups is 2. The summed E-state index contributed by atoms with van der Waals surface area (Å²) in [6.07, 6.45) is 5.62. The zero-order valence-electron chi connectivity index (χ0n) is 14.5. The lowest BCUT2D eigenvalue weighted by Gasteiger charge is -2.11. The van der Waals surface area contributed by atoms with Gasteiger partial charge in [-0.25, -0.2) is 0 Å². The van der Waals surface area contributed by atoms with E-state index in [1.54, 1.807) is 18.2 Å². The van der Waals surface area contributed by atoms with Crippen molar-refractivity contribution in [3.8, 4) is 11.5 Å². The number of allylic oxidation sites excluding steroid dienone is 2. The highest BCUT2D eigenvalue weighted by Crippen LogP contribution is 2.36. The summed E-state index contributed by atoms with van der Waals surface area (Å²) in [4.78, 5) is 26.1. The van der Waals surface area contributed by atoms with Crippen LogP contribution in [0.4, 0.5) is 4.79 Å². The summed E-state index contributed by atoms with van der Waals surface area (Å²) in [5.74, 6) is 0.208. The molecule has 0 unspecified atom stereocenters. The van der Waals surface area contributed by atoms with E-state index < -0.39 is 0 Å². The maximum absolute atomic E-state index is 12.5. The number of amides is 2. The van der Waals surface area contributed by atoms with Crippen LogP contribution in [0.3, 0.4) is 0 Å². The van der Waals surface area contributed by atoms with Crippen LogP contribution in [0.25, 0.3) is 6.08 Å². The topological polar surface area (TPSA) is 66.8 Å². The van der Waals surface area contributed by atoms with Gasteiger partial charge in [-0.05, 0) is 49.7 Å². The number of imide groups is 1. The average molecular weight is 359 g/mol. The maximum atomic E-state index is 12.5. The van der Waals surface area contributed by atoms with E-state index in [0.717, 1.165) is 17.3 Å². The Labute approximate surface area is 151 Å². The first-order chi connectivity index (χ1) is 11.9. The third-order valence-electron chi connectivity index (χ3n) is 3.64. The number of benzene rings is 1. The molecule has 1 aliphatic rings. The van der Waals surface area contributed by atoms with E-state index in [0.29, 0.717) is 28.2 Å². The molecular formula is C19H21NO4S. The summed E-state index contributed by atoms with van der Waals surface area (Å²) in [7, 11) is 1.49. The number of carbonyl (C=O) groups excluding carboxylic acids is 2. The zero-order chi connectivity index (χ0) is 18.6. The lowest BCUT2D eigenvalue weighted by molar-refractivity contribution is -0.122. The van der Waals surface area contributed by atoms with Crippen LogP contribution in [0.2, 0.25) is 0 Å². The van der Waals surface area contributed by atoms with E-state index in [-0.39, 0.29) is 23.4 Å². The molecule has 1 aromatic carbocycles. The van der Waals surface area contributed by atoms with Crippen LogP contribution in [-0.4, -0.2) is 34.8 Å². The summed E-state index contributed by atoms with van der Waals surface area (Å²) in [6, 6.07) is 3.23. The van der Waals surface area contributed by atoms with Crippen LogP contribution < -0.4 is 4.74 Å². The molecule has 0 spiro atoms. The molecular weight excluding hydrogens is 338 g/mol. The van der Waals surface area contributed by atoms with Crippen molar-refractivity contribution in [3.05, 3.63) is 52.5 Å². The summed E-state index contributed by atoms with van der Waals surface area (Å²) in [5, 5.41) is 9.71. The van der Waals surface area contributed by atoms with Crippen LogP contribution in [0.5, 0.6) is 11.5 Å². The Morgan fingerprint density at radius 3 is 2.68 bits per heavy atom. The molecule has 0 aliphatic carbocycles. The Morgan fingerprint density at radius 2 is 2.08 bits per heavy atom. The van der Waals surface area contributed by atoms with Gasteiger partial charge in [-0.15, -0.1) is 6.58 Å². The second-order valence-corrected chi connectivity index (χ2v) is 6.78. The summed E-state index contributed by atoms with van der Waals surface area (Å²) in [5.41, 5.74) is 2.34. The highest BCUT2D eigenvalue weighted by Gasteiger charge is 2.34. The normalized spacial score (nSPS) is 15.6. The molecule has 6 heteroatoms. The van der Waals surface area contributed by atoms with Crippen LogP contribution in [-0.2, 0) is 11.2 Å². The predicted octanol–water partition coefficient (Wildman–Crippen LogP) is 4.13. The number of thioether (sulfide) groups is 1. The molecule has 1 N–H and O–H groups in total. The Hall–Kier alpha value is -2.47. The maximum Gasteiger partial charge on any atom is 0.293 e. The van der Waals surface area contributed by atoms with E-state index in [1.165, 1.54) is 18.1 Å². The van der Waals surface area contributed by atoms with Gasteiger partial charge in [0.15, 0.2) is 0 Å². The van der Waals surface area contributed by atoms with Gasteiger partial charge < -0.3 is 9.84 Å². The lowest BCUT2D eigenvalue weighted by atomic mass is 10.0. The number of methoxy groups -OCH3 is 1. The molecule has 0 atom stereocenters. The van der Waals surface area contributed by atoms with Crippen molar-refractivity contribution in [2.24, 2.45) is 0 Å². The molecule has 1 heterocycles. The van der Waals surface area contributed by atoms with E-state index in [9.17, 15) is 14.7 Å². The smallest absolute Gasteiger partial charge is 0.293 e. The van der Waals surface area contributed by atoms with Gasteiger partial charge in [-0.2, -0.15) is 0 Å². The van der Waals surface area contributed by atoms with Crippen LogP contribution in [0.1, 0.15) is 25.0 Å². The van der Waals surface area contributed by atoms with Crippen molar-refractivity contribution in [3.63, 3.8) is 0 Å². The monoisotopic (exact) mass is 359 g/mol. The Kier molecular flexibility index (Phi) is 6.09. The summed E-state index contributed by atoms with van der Waals surface area (Å²) >= 11 is 0.902. The first kappa shape index (κ1) is 18.9. The molecule has 2 amide bonds. The van der Waals surface area contributed by atoms with Gasteiger partial charge in [0.2, 0.25) is 0 Å². The van der Waals surface area contributed by atoms with Crippen LogP contribution in [0, 0.1) is 0 Å². The molecule has 0 radical (unpaired) electrons. The van der Waals surface area contributed by atoms with Crippen molar-refractivity contribution in [1.82, 2.24) is 4.90 Å². The number of ether oxygens (including phenoxy) is 1. The number of nitrogens with zero attached hydrogens (tertiary/aromatic N) is 1. The first-order valence-electron chi connectivity index (χ1n) is 7.76. The van der Waals surface area contributed by atoms with E-state index >= 15 is 0 Å². The predicted molar refractivity (Wildman–Crippen MR) is 101 cm³/mol. The second kappa shape index (κ2) is 8.07. The molecule has 1 fully saturated rings. The fourth-order valence-electron chi connectivity index (χ4n) is 2.31. The van der Waals surface area contributed by atoms with Crippen molar-refractivity contribution >= 4 is 29.0 Å². The SMILES string of the molecule is C=CCc1cc(/C=C2\SC(=O)N(CC=C(C)C)C2=O)c(OC)cc1O. The molecule has 1 aliphatic heterocycles. The zero-order valence-corrected chi connectivity index (χ0v) is 15.4. The number of hydrogen-bond acceptors (Lipinski definition) is 5. The van der Waals surface area contributed by atoms with Gasteiger partial charge in [0.1, 0.15) is 11.5 Å². The fourth-order valence-corrected chi connectivity index (χ4v) is 3.15. The molecule has 0 saturated carbocycles. The lowest BCUT2D eigenvalue weighted by Crippen LogP contribution is -2.28. The van der Waals surface area contributed by atoms with Gasteiger partial charge in [0.25, 0.3) is 11.1 Å². The van der Waals surface area contributed by atoms with Gasteiger partial charge in [-0.1, -0.05) is 17.7 Å². The average Bonchev–Trinajstić information content (AvgIpc) is 2.82. The van der Waals surface area contributed by atoms with Crippen LogP contribution in [0.15, 0.2) is 41.3 Å².